The number of aryl methyl sites for hydroxylation is 1. The molecule has 1 fully saturated rings. The predicted octanol–water partition coefficient (Wildman–Crippen LogP) is 4.25. The van der Waals surface area contributed by atoms with Gasteiger partial charge in [0.1, 0.15) is 17.3 Å². The second-order valence-electron chi connectivity index (χ2n) is 8.26. The molecule has 2 aromatic carbocycles. The van der Waals surface area contributed by atoms with Gasteiger partial charge < -0.3 is 24.2 Å². The normalized spacial score (nSPS) is 17.6. The molecule has 33 heavy (non-hydrogen) atoms. The summed E-state index contributed by atoms with van der Waals surface area (Å²) in [6, 6.07) is 11.7. The van der Waals surface area contributed by atoms with Crippen LogP contribution in [0.2, 0.25) is 0 Å². The van der Waals surface area contributed by atoms with E-state index in [1.54, 1.807) is 56.7 Å². The number of carbonyl (C=O) groups is 2. The van der Waals surface area contributed by atoms with E-state index in [1.165, 1.54) is 4.90 Å². The standard InChI is InChI=1S/C26H31NO6/c1-16(2)33-21-12-9-19(15-17(21)3)24(28)22-23(18-7-10-20(32-5)11-8-18)27(13-6-14-31-4)26(30)25(22)29/h7-12,15-16,23,28H,6,13-14H2,1-5H3/b24-22-. The van der Waals surface area contributed by atoms with Crippen LogP contribution in [-0.4, -0.2) is 55.2 Å². The third kappa shape index (κ3) is 5.20. The summed E-state index contributed by atoms with van der Waals surface area (Å²) in [5.74, 6) is -0.182. The lowest BCUT2D eigenvalue weighted by Gasteiger charge is -2.25. The van der Waals surface area contributed by atoms with Gasteiger partial charge in [0.25, 0.3) is 11.7 Å². The molecule has 0 saturated carbocycles. The van der Waals surface area contributed by atoms with Crippen molar-refractivity contribution in [2.45, 2.75) is 39.3 Å². The SMILES string of the molecule is COCCCN1C(=O)C(=O)/C(=C(\O)c2ccc(OC(C)C)c(C)c2)C1c1ccc(OC)cc1. The van der Waals surface area contributed by atoms with Crippen LogP contribution in [-0.2, 0) is 14.3 Å². The summed E-state index contributed by atoms with van der Waals surface area (Å²) in [5, 5.41) is 11.2. The Bertz CT molecular complexity index is 1040. The fourth-order valence-corrected chi connectivity index (χ4v) is 3.96. The summed E-state index contributed by atoms with van der Waals surface area (Å²) in [7, 11) is 3.16. The Kier molecular flexibility index (Phi) is 7.76. The molecule has 1 saturated heterocycles. The minimum absolute atomic E-state index is 0.00986. The summed E-state index contributed by atoms with van der Waals surface area (Å²) >= 11 is 0. The van der Waals surface area contributed by atoms with Crippen molar-refractivity contribution in [1.82, 2.24) is 4.90 Å². The minimum atomic E-state index is -0.709. The molecule has 0 radical (unpaired) electrons. The Balaban J connectivity index is 2.09. The largest absolute Gasteiger partial charge is 0.507 e. The third-order valence-electron chi connectivity index (χ3n) is 5.53. The maximum absolute atomic E-state index is 13.1. The lowest BCUT2D eigenvalue weighted by Crippen LogP contribution is -2.31. The Morgan fingerprint density at radius 2 is 1.79 bits per heavy atom. The van der Waals surface area contributed by atoms with Crippen molar-refractivity contribution < 1.29 is 28.9 Å². The highest BCUT2D eigenvalue weighted by atomic mass is 16.5. The van der Waals surface area contributed by atoms with Gasteiger partial charge in [-0.15, -0.1) is 0 Å². The highest BCUT2D eigenvalue weighted by Crippen LogP contribution is 2.40. The number of methoxy groups -OCH3 is 2. The summed E-state index contributed by atoms with van der Waals surface area (Å²) in [6.45, 7) is 6.53. The van der Waals surface area contributed by atoms with Crippen molar-refractivity contribution in [1.29, 1.82) is 0 Å². The number of Topliss-reactive ketones (excluding diaryl/α,β-unsaturated/α-hetero) is 1. The van der Waals surface area contributed by atoms with Crippen LogP contribution in [0.1, 0.15) is 43.0 Å². The molecule has 1 aliphatic rings. The molecule has 0 aromatic heterocycles. The Morgan fingerprint density at radius 1 is 1.09 bits per heavy atom. The minimum Gasteiger partial charge on any atom is -0.507 e. The van der Waals surface area contributed by atoms with Crippen LogP contribution in [0.4, 0.5) is 0 Å². The van der Waals surface area contributed by atoms with Gasteiger partial charge in [-0.25, -0.2) is 0 Å². The van der Waals surface area contributed by atoms with Crippen molar-refractivity contribution >= 4 is 17.4 Å². The molecule has 7 nitrogen and oxygen atoms in total. The Hall–Kier alpha value is -3.32. The van der Waals surface area contributed by atoms with Crippen molar-refractivity contribution in [2.24, 2.45) is 0 Å². The highest BCUT2D eigenvalue weighted by Gasteiger charge is 2.45. The molecule has 1 heterocycles. The summed E-state index contributed by atoms with van der Waals surface area (Å²) < 4.78 is 16.1. The molecule has 1 N–H and O–H groups in total. The van der Waals surface area contributed by atoms with Gasteiger partial charge in [-0.05, 0) is 68.7 Å². The molecule has 7 heteroatoms. The predicted molar refractivity (Wildman–Crippen MR) is 125 cm³/mol. The summed E-state index contributed by atoms with van der Waals surface area (Å²) in [4.78, 5) is 27.5. The average molecular weight is 454 g/mol. The van der Waals surface area contributed by atoms with E-state index < -0.39 is 17.7 Å². The van der Waals surface area contributed by atoms with Crippen LogP contribution < -0.4 is 9.47 Å². The van der Waals surface area contributed by atoms with Crippen LogP contribution in [0.25, 0.3) is 5.76 Å². The molecule has 1 unspecified atom stereocenters. The van der Waals surface area contributed by atoms with Gasteiger partial charge in [-0.1, -0.05) is 12.1 Å². The average Bonchev–Trinajstić information content (AvgIpc) is 3.05. The lowest BCUT2D eigenvalue weighted by molar-refractivity contribution is -0.140. The summed E-state index contributed by atoms with van der Waals surface area (Å²) in [6.07, 6.45) is 0.576. The number of aliphatic hydroxyl groups excluding tert-OH is 1. The van der Waals surface area contributed by atoms with Gasteiger partial charge >= 0.3 is 0 Å². The van der Waals surface area contributed by atoms with Gasteiger partial charge in [0.05, 0.1) is 24.8 Å². The monoisotopic (exact) mass is 453 g/mol. The van der Waals surface area contributed by atoms with Gasteiger partial charge in [0, 0.05) is 25.8 Å². The first-order valence-corrected chi connectivity index (χ1v) is 11.0. The number of nitrogens with zero attached hydrogens (tertiary/aromatic N) is 1. The topological polar surface area (TPSA) is 85.3 Å². The van der Waals surface area contributed by atoms with Crippen molar-refractivity contribution in [2.75, 3.05) is 27.4 Å². The number of carbonyl (C=O) groups excluding carboxylic acids is 2. The molecule has 0 bridgehead atoms. The highest BCUT2D eigenvalue weighted by molar-refractivity contribution is 6.46. The Morgan fingerprint density at radius 3 is 2.36 bits per heavy atom. The maximum atomic E-state index is 13.1. The van der Waals surface area contributed by atoms with Gasteiger partial charge in [-0.3, -0.25) is 9.59 Å². The first-order valence-electron chi connectivity index (χ1n) is 11.0. The van der Waals surface area contributed by atoms with Crippen molar-refractivity contribution in [3.05, 3.63) is 64.7 Å². The molecule has 0 aliphatic carbocycles. The number of ether oxygens (including phenoxy) is 3. The zero-order chi connectivity index (χ0) is 24.1. The number of aliphatic hydroxyl groups is 1. The van der Waals surface area contributed by atoms with E-state index >= 15 is 0 Å². The van der Waals surface area contributed by atoms with E-state index in [0.717, 1.165) is 5.56 Å². The first kappa shape index (κ1) is 24.3. The molecule has 3 rings (SSSR count). The molecular weight excluding hydrogens is 422 g/mol. The molecule has 1 atom stereocenters. The van der Waals surface area contributed by atoms with Crippen molar-refractivity contribution in [3.63, 3.8) is 0 Å². The van der Waals surface area contributed by atoms with Crippen LogP contribution in [0.15, 0.2) is 48.0 Å². The van der Waals surface area contributed by atoms with E-state index in [0.29, 0.717) is 42.2 Å². The molecular formula is C26H31NO6. The zero-order valence-corrected chi connectivity index (χ0v) is 19.8. The van der Waals surface area contributed by atoms with Gasteiger partial charge in [-0.2, -0.15) is 0 Å². The lowest BCUT2D eigenvalue weighted by atomic mass is 9.94. The number of benzene rings is 2. The van der Waals surface area contributed by atoms with Crippen LogP contribution >= 0.6 is 0 Å². The van der Waals surface area contributed by atoms with Crippen LogP contribution in [0.5, 0.6) is 11.5 Å². The maximum Gasteiger partial charge on any atom is 0.295 e. The number of rotatable bonds is 9. The van der Waals surface area contributed by atoms with Crippen molar-refractivity contribution in [3.8, 4) is 11.5 Å². The van der Waals surface area contributed by atoms with E-state index in [-0.39, 0.29) is 17.4 Å². The first-order chi connectivity index (χ1) is 15.8. The van der Waals surface area contributed by atoms with Crippen LogP contribution in [0.3, 0.4) is 0 Å². The van der Waals surface area contributed by atoms with E-state index in [9.17, 15) is 14.7 Å². The van der Waals surface area contributed by atoms with E-state index in [4.69, 9.17) is 14.2 Å². The number of amides is 1. The summed E-state index contributed by atoms with van der Waals surface area (Å²) in [5.41, 5.74) is 2.06. The second-order valence-corrected chi connectivity index (χ2v) is 8.26. The molecule has 2 aromatic rings. The molecule has 1 aliphatic heterocycles. The molecule has 176 valence electrons. The molecule has 0 spiro atoms. The third-order valence-corrected chi connectivity index (χ3v) is 5.53. The van der Waals surface area contributed by atoms with Gasteiger partial charge in [0.15, 0.2) is 0 Å². The van der Waals surface area contributed by atoms with Gasteiger partial charge in [0.2, 0.25) is 0 Å². The van der Waals surface area contributed by atoms with E-state index in [1.807, 2.05) is 20.8 Å². The fraction of sp³-hybridized carbons (Fsp3) is 0.385. The molecule has 1 amide bonds. The number of ketones is 1. The smallest absolute Gasteiger partial charge is 0.295 e. The number of hydrogen-bond donors (Lipinski definition) is 1. The Labute approximate surface area is 194 Å². The zero-order valence-electron chi connectivity index (χ0n) is 19.8. The number of hydrogen-bond acceptors (Lipinski definition) is 6. The number of likely N-dealkylation sites (tertiary alicyclic amines) is 1. The fourth-order valence-electron chi connectivity index (χ4n) is 3.96. The quantitative estimate of drug-likeness (QED) is 0.264. The second kappa shape index (κ2) is 10.5. The van der Waals surface area contributed by atoms with E-state index in [2.05, 4.69) is 0 Å². The van der Waals surface area contributed by atoms with Crippen LogP contribution in [0, 0.1) is 6.92 Å².